The van der Waals surface area contributed by atoms with Crippen LogP contribution in [0.2, 0.25) is 0 Å². The van der Waals surface area contributed by atoms with E-state index >= 15 is 0 Å². The Bertz CT molecular complexity index is 909. The molecule has 8 N–H and O–H groups in total. The van der Waals surface area contributed by atoms with Crippen molar-refractivity contribution in [3.63, 3.8) is 0 Å². The van der Waals surface area contributed by atoms with Gasteiger partial charge in [0.1, 0.15) is 30.6 Å². The maximum absolute atomic E-state index is 12.1. The van der Waals surface area contributed by atoms with Crippen molar-refractivity contribution in [1.82, 2.24) is 8.90 Å². The van der Waals surface area contributed by atoms with Gasteiger partial charge in [-0.25, -0.2) is 9.36 Å². The van der Waals surface area contributed by atoms with Crippen LogP contribution in [0.1, 0.15) is 18.2 Å². The number of ether oxygens (including phenoxy) is 1. The molecule has 178 valence electrons. The van der Waals surface area contributed by atoms with E-state index < -0.39 is 69.0 Å². The first-order valence-corrected chi connectivity index (χ1v) is 10.3. The smallest absolute Gasteiger partial charge is 0.394 e. The number of aldehydes is 1. The molecule has 1 saturated heterocycles. The molecule has 2 rings (SSSR count). The maximum Gasteiger partial charge on any atom is 0.440 e. The van der Waals surface area contributed by atoms with Crippen molar-refractivity contribution in [3.05, 3.63) is 32.6 Å². The fourth-order valence-electron chi connectivity index (χ4n) is 2.58. The van der Waals surface area contributed by atoms with Gasteiger partial charge in [-0.05, 0) is 6.92 Å². The largest absolute Gasteiger partial charge is 0.440 e. The van der Waals surface area contributed by atoms with Crippen molar-refractivity contribution in [3.8, 4) is 0 Å². The molecule has 31 heavy (non-hydrogen) atoms. The van der Waals surface area contributed by atoms with Crippen LogP contribution in [-0.4, -0.2) is 99.4 Å². The van der Waals surface area contributed by atoms with Crippen molar-refractivity contribution in [1.29, 1.82) is 0 Å². The van der Waals surface area contributed by atoms with Gasteiger partial charge in [0.15, 0.2) is 6.29 Å². The topological polar surface area (TPSA) is 249 Å². The molecule has 16 heteroatoms. The van der Waals surface area contributed by atoms with Gasteiger partial charge in [-0.15, -0.1) is 0 Å². The molecular formula is C15H25N2O13P. The quantitative estimate of drug-likeness (QED) is 0.137. The van der Waals surface area contributed by atoms with E-state index in [0.29, 0.717) is 0 Å². The highest BCUT2D eigenvalue weighted by molar-refractivity contribution is 7.50. The zero-order valence-electron chi connectivity index (χ0n) is 16.2. The number of aromatic nitrogens is 2. The molecule has 6 atom stereocenters. The van der Waals surface area contributed by atoms with E-state index in [1.54, 1.807) is 0 Å². The predicted molar refractivity (Wildman–Crippen MR) is 99.9 cm³/mol. The standard InChI is InChI=1S/C10H15N2O8P.C5H10O5/c1-5-3-11(8-2-6(14)7(4-13)20-8)10(16)12(9(5)15)21(17,18)19;6-1-3(8)5(10)4(9)2-7/h3,6-8,13-14H,2,4H2,1H3,(H2,17,18,19);1,3-5,7-10H,2H2/t6-,7+,8+;/m0./s1. The highest BCUT2D eigenvalue weighted by Crippen LogP contribution is 2.33. The molecule has 0 spiro atoms. The molecule has 1 fully saturated rings. The minimum atomic E-state index is -5.12. The molecule has 0 amide bonds. The molecule has 0 aliphatic carbocycles. The fraction of sp³-hybridized carbons (Fsp3) is 0.667. The summed E-state index contributed by atoms with van der Waals surface area (Å²) in [7, 11) is -5.12. The van der Waals surface area contributed by atoms with Crippen molar-refractivity contribution in [2.45, 2.75) is 50.1 Å². The Morgan fingerprint density at radius 1 is 1.26 bits per heavy atom. The summed E-state index contributed by atoms with van der Waals surface area (Å²) in [6, 6.07) is 0. The first-order chi connectivity index (χ1) is 14.3. The molecule has 0 saturated carbocycles. The summed E-state index contributed by atoms with van der Waals surface area (Å²) in [6.45, 7) is 0.134. The lowest BCUT2D eigenvalue weighted by molar-refractivity contribution is -0.127. The number of hydrogen-bond acceptors (Lipinski definition) is 11. The Morgan fingerprint density at radius 2 is 1.84 bits per heavy atom. The van der Waals surface area contributed by atoms with E-state index in [2.05, 4.69) is 0 Å². The summed E-state index contributed by atoms with van der Waals surface area (Å²) in [5.41, 5.74) is -2.40. The second-order valence-corrected chi connectivity index (χ2v) is 8.04. The van der Waals surface area contributed by atoms with Gasteiger partial charge in [0, 0.05) is 18.2 Å². The van der Waals surface area contributed by atoms with Gasteiger partial charge in [0.25, 0.3) is 5.56 Å². The second-order valence-electron chi connectivity index (χ2n) is 6.61. The van der Waals surface area contributed by atoms with Gasteiger partial charge in [-0.1, -0.05) is 0 Å². The second kappa shape index (κ2) is 11.2. The van der Waals surface area contributed by atoms with Gasteiger partial charge in [-0.2, -0.15) is 4.34 Å². The lowest BCUT2D eigenvalue weighted by Gasteiger charge is -2.17. The van der Waals surface area contributed by atoms with E-state index in [1.165, 1.54) is 6.92 Å². The Labute approximate surface area is 174 Å². The van der Waals surface area contributed by atoms with Crippen LogP contribution in [0.25, 0.3) is 0 Å². The predicted octanol–water partition coefficient (Wildman–Crippen LogP) is -4.84. The summed E-state index contributed by atoms with van der Waals surface area (Å²) in [5, 5.41) is 52.7. The van der Waals surface area contributed by atoms with Crippen LogP contribution in [0.3, 0.4) is 0 Å². The number of carbonyl (C=O) groups excluding carboxylic acids is 1. The molecule has 1 aliphatic rings. The third kappa shape index (κ3) is 6.60. The molecule has 15 nitrogen and oxygen atoms in total. The molecule has 3 unspecified atom stereocenters. The Kier molecular flexibility index (Phi) is 9.84. The van der Waals surface area contributed by atoms with E-state index in [4.69, 9.17) is 40.1 Å². The third-order valence-electron chi connectivity index (χ3n) is 4.29. The lowest BCUT2D eigenvalue weighted by atomic mass is 10.1. The first kappa shape index (κ1) is 27.3. The van der Waals surface area contributed by atoms with Crippen molar-refractivity contribution in [2.75, 3.05) is 13.2 Å². The van der Waals surface area contributed by atoms with Gasteiger partial charge >= 0.3 is 13.4 Å². The normalized spacial score (nSPS) is 24.1. The molecule has 0 aromatic carbocycles. The van der Waals surface area contributed by atoms with Crippen LogP contribution in [-0.2, 0) is 14.1 Å². The first-order valence-electron chi connectivity index (χ1n) is 8.76. The number of carbonyl (C=O) groups is 1. The number of aliphatic hydroxyl groups excluding tert-OH is 6. The number of rotatable bonds is 7. The van der Waals surface area contributed by atoms with Crippen LogP contribution in [0.15, 0.2) is 15.8 Å². The SMILES string of the molecule is Cc1cn([C@H]2C[C@H](O)[C@@H](CO)O2)c(=O)n(P(=O)(O)O)c1=O.O=CC(O)C(O)C(O)CO. The summed E-state index contributed by atoms with van der Waals surface area (Å²) < 4.78 is 17.2. The van der Waals surface area contributed by atoms with E-state index in [-0.39, 0.29) is 22.6 Å². The maximum atomic E-state index is 12.1. The summed E-state index contributed by atoms with van der Waals surface area (Å²) >= 11 is 0. The number of hydrogen-bond donors (Lipinski definition) is 8. The average Bonchev–Trinajstić information content (AvgIpc) is 3.08. The minimum Gasteiger partial charge on any atom is -0.394 e. The van der Waals surface area contributed by atoms with E-state index in [1.807, 2.05) is 0 Å². The summed E-state index contributed by atoms with van der Waals surface area (Å²) in [6.07, 6.45) is -6.53. The minimum absolute atomic E-state index is 0.0517. The number of nitrogens with zero attached hydrogens (tertiary/aromatic N) is 2. The summed E-state index contributed by atoms with van der Waals surface area (Å²) in [4.78, 5) is 51.8. The molecule has 1 aliphatic heterocycles. The van der Waals surface area contributed by atoms with Crippen molar-refractivity contribution < 1.29 is 54.5 Å². The Hall–Kier alpha value is -1.78. The Balaban J connectivity index is 0.000000407. The lowest BCUT2D eigenvalue weighted by Crippen LogP contribution is -2.41. The zero-order chi connectivity index (χ0) is 24.1. The van der Waals surface area contributed by atoms with Gasteiger partial charge in [-0.3, -0.25) is 9.36 Å². The number of aryl methyl sites for hydroxylation is 1. The van der Waals surface area contributed by atoms with Crippen molar-refractivity contribution in [2.24, 2.45) is 0 Å². The average molecular weight is 472 g/mol. The van der Waals surface area contributed by atoms with Crippen LogP contribution < -0.4 is 11.2 Å². The van der Waals surface area contributed by atoms with Crippen LogP contribution >= 0.6 is 7.75 Å². The van der Waals surface area contributed by atoms with E-state index in [9.17, 15) is 24.1 Å². The molecule has 2 heterocycles. The molecule has 0 bridgehead atoms. The van der Waals surface area contributed by atoms with Crippen LogP contribution in [0.4, 0.5) is 0 Å². The zero-order valence-corrected chi connectivity index (χ0v) is 17.1. The summed E-state index contributed by atoms with van der Waals surface area (Å²) in [5.74, 6) is 0. The molecule has 1 aromatic rings. The fourth-order valence-corrected chi connectivity index (χ4v) is 3.31. The van der Waals surface area contributed by atoms with Gasteiger partial charge in [0.2, 0.25) is 0 Å². The van der Waals surface area contributed by atoms with Gasteiger partial charge < -0.3 is 50.0 Å². The highest BCUT2D eigenvalue weighted by Gasteiger charge is 2.36. The molecular weight excluding hydrogens is 447 g/mol. The highest BCUT2D eigenvalue weighted by atomic mass is 31.2. The Morgan fingerprint density at radius 3 is 2.26 bits per heavy atom. The molecule has 1 aromatic heterocycles. The third-order valence-corrected chi connectivity index (χ3v) is 5.16. The monoisotopic (exact) mass is 472 g/mol. The van der Waals surface area contributed by atoms with Crippen molar-refractivity contribution >= 4 is 14.0 Å². The van der Waals surface area contributed by atoms with Gasteiger partial charge in [0.05, 0.1) is 19.3 Å². The van der Waals surface area contributed by atoms with Crippen LogP contribution in [0, 0.1) is 6.92 Å². The van der Waals surface area contributed by atoms with Crippen LogP contribution in [0.5, 0.6) is 0 Å². The molecule has 0 radical (unpaired) electrons. The van der Waals surface area contributed by atoms with E-state index in [0.717, 1.165) is 10.8 Å². The number of aliphatic hydroxyl groups is 6.